The van der Waals surface area contributed by atoms with Gasteiger partial charge in [0.05, 0.1) is 11.0 Å². The van der Waals surface area contributed by atoms with Crippen molar-refractivity contribution >= 4 is 52.8 Å². The van der Waals surface area contributed by atoms with Crippen LogP contribution in [0.15, 0.2) is 42.5 Å². The first-order valence-electron chi connectivity index (χ1n) is 20.9. The standard InChI is InChI=1S/C42H64N10O11/c1-6-24(4)36(46-22-27-11-7-8-12-28(27)44)42(61)51-31(19-23(2)3)40(59)49-30(13-9-10-18-43)39(58)47-25(5)38(57)50-32(20-26-14-16-34(53)33(21-26)52(62)63)41(60)48-29(37(45)56)15-17-35(54)55/h7-8,11-12,14,16,21,23-25,29-32,36,46,53H,6,9-10,13,15,17-20,22,43-44H2,1-5H3,(H2,45,56)(H,47,58)(H,48,60)(H,49,59)(H,50,57)(H,51,61)(H,54,55)/t24-,25-,29-,30-,31-,32-,36-/m0/s1. The average molecular weight is 885 g/mol. The Morgan fingerprint density at radius 1 is 0.778 bits per heavy atom. The Morgan fingerprint density at radius 2 is 1.38 bits per heavy atom. The molecule has 0 heterocycles. The van der Waals surface area contributed by atoms with Crippen LogP contribution in [0.25, 0.3) is 0 Å². The van der Waals surface area contributed by atoms with Gasteiger partial charge in [0, 0.05) is 31.1 Å². The number of nitro benzene ring substituents is 1. The largest absolute Gasteiger partial charge is 0.502 e. The van der Waals surface area contributed by atoms with Gasteiger partial charge in [0.1, 0.15) is 30.2 Å². The molecule has 0 aliphatic heterocycles. The number of hydrogen-bond donors (Lipinski definition) is 11. The number of anilines is 1. The van der Waals surface area contributed by atoms with Gasteiger partial charge in [-0.3, -0.25) is 43.7 Å². The van der Waals surface area contributed by atoms with Gasteiger partial charge in [-0.2, -0.15) is 0 Å². The number of phenols is 1. The normalized spacial score (nSPS) is 14.5. The summed E-state index contributed by atoms with van der Waals surface area (Å²) in [6.45, 7) is 9.51. The first kappa shape index (κ1) is 52.8. The number of nitrogens with two attached hydrogens (primary N) is 3. The second-order valence-corrected chi connectivity index (χ2v) is 16.0. The lowest BCUT2D eigenvalue weighted by Gasteiger charge is -2.29. The van der Waals surface area contributed by atoms with Crippen LogP contribution in [0, 0.1) is 22.0 Å². The summed E-state index contributed by atoms with van der Waals surface area (Å²) in [5.41, 5.74) is 18.0. The summed E-state index contributed by atoms with van der Waals surface area (Å²) in [7, 11) is 0. The van der Waals surface area contributed by atoms with Gasteiger partial charge in [-0.05, 0) is 80.7 Å². The number of amides is 6. The number of carbonyl (C=O) groups excluding carboxylic acids is 6. The van der Waals surface area contributed by atoms with Crippen molar-refractivity contribution in [1.29, 1.82) is 0 Å². The first-order chi connectivity index (χ1) is 29.7. The number of phenolic OH excluding ortho intramolecular Hbond substituents is 1. The van der Waals surface area contributed by atoms with Crippen LogP contribution in [0.5, 0.6) is 5.75 Å². The summed E-state index contributed by atoms with van der Waals surface area (Å²) in [6, 6.07) is 3.19. The monoisotopic (exact) mass is 884 g/mol. The van der Waals surface area contributed by atoms with E-state index < -0.39 is 107 Å². The predicted molar refractivity (Wildman–Crippen MR) is 233 cm³/mol. The number of para-hydroxylation sites is 1. The zero-order valence-corrected chi connectivity index (χ0v) is 36.5. The first-order valence-corrected chi connectivity index (χ1v) is 20.9. The Labute approximate surface area is 366 Å². The third-order valence-electron chi connectivity index (χ3n) is 10.4. The van der Waals surface area contributed by atoms with Crippen molar-refractivity contribution in [3.8, 4) is 5.75 Å². The molecule has 0 aliphatic rings. The number of aromatic hydroxyl groups is 1. The van der Waals surface area contributed by atoms with Crippen LogP contribution in [0.1, 0.15) is 90.7 Å². The van der Waals surface area contributed by atoms with Gasteiger partial charge < -0.3 is 59.3 Å². The van der Waals surface area contributed by atoms with E-state index in [-0.39, 0.29) is 36.7 Å². The number of hydrogen-bond acceptors (Lipinski definition) is 13. The van der Waals surface area contributed by atoms with Gasteiger partial charge in [-0.15, -0.1) is 0 Å². The molecule has 0 spiro atoms. The molecule has 0 bridgehead atoms. The number of aliphatic carboxylic acids is 1. The van der Waals surface area contributed by atoms with Crippen LogP contribution in [-0.4, -0.2) is 99.3 Å². The van der Waals surface area contributed by atoms with Crippen molar-refractivity contribution < 1.29 is 48.7 Å². The second-order valence-electron chi connectivity index (χ2n) is 16.0. The molecular formula is C42H64N10O11. The quantitative estimate of drug-likeness (QED) is 0.0241. The minimum atomic E-state index is -1.56. The lowest BCUT2D eigenvalue weighted by Crippen LogP contribution is -2.59. The molecule has 2 aromatic rings. The summed E-state index contributed by atoms with van der Waals surface area (Å²) in [5.74, 6) is -6.93. The Kier molecular flexibility index (Phi) is 22.0. The molecule has 21 nitrogen and oxygen atoms in total. The van der Waals surface area contributed by atoms with Crippen LogP contribution in [0.4, 0.5) is 11.4 Å². The number of carboxylic acid groups (broad SMARTS) is 1. The van der Waals surface area contributed by atoms with E-state index in [2.05, 4.69) is 31.9 Å². The summed E-state index contributed by atoms with van der Waals surface area (Å²) in [5, 5.41) is 46.7. The van der Waals surface area contributed by atoms with Crippen molar-refractivity contribution in [1.82, 2.24) is 31.9 Å². The Balaban J connectivity index is 2.33. The number of nitrogen functional groups attached to an aromatic ring is 1. The number of unbranched alkanes of at least 4 members (excludes halogenated alkanes) is 1. The Hall–Kier alpha value is -6.35. The summed E-state index contributed by atoms with van der Waals surface area (Å²) in [4.78, 5) is 103. The minimum absolute atomic E-state index is 0.0540. The smallest absolute Gasteiger partial charge is 0.310 e. The van der Waals surface area contributed by atoms with Crippen LogP contribution in [-0.2, 0) is 46.5 Å². The number of nitrogens with one attached hydrogen (secondary N) is 6. The number of carboxylic acids is 1. The van der Waals surface area contributed by atoms with Crippen LogP contribution >= 0.6 is 0 Å². The molecule has 2 aromatic carbocycles. The van der Waals surface area contributed by atoms with Gasteiger partial charge in [0.15, 0.2) is 5.75 Å². The van der Waals surface area contributed by atoms with Crippen molar-refractivity contribution in [2.75, 3.05) is 12.3 Å². The van der Waals surface area contributed by atoms with Gasteiger partial charge >= 0.3 is 11.7 Å². The van der Waals surface area contributed by atoms with Crippen LogP contribution < -0.4 is 49.1 Å². The van der Waals surface area contributed by atoms with E-state index in [0.29, 0.717) is 38.0 Å². The minimum Gasteiger partial charge on any atom is -0.502 e. The van der Waals surface area contributed by atoms with Gasteiger partial charge in [-0.25, -0.2) is 0 Å². The number of nitro groups is 1. The highest BCUT2D eigenvalue weighted by Gasteiger charge is 2.33. The van der Waals surface area contributed by atoms with Crippen molar-refractivity contribution in [2.45, 2.75) is 129 Å². The molecule has 0 aromatic heterocycles. The summed E-state index contributed by atoms with van der Waals surface area (Å²) in [6.07, 6.45) is 0.557. The van der Waals surface area contributed by atoms with E-state index in [1.807, 2.05) is 39.8 Å². The Morgan fingerprint density at radius 3 is 1.97 bits per heavy atom. The number of rotatable bonds is 28. The van der Waals surface area contributed by atoms with E-state index in [9.17, 15) is 48.8 Å². The predicted octanol–water partition coefficient (Wildman–Crippen LogP) is 0.599. The molecule has 7 atom stereocenters. The zero-order chi connectivity index (χ0) is 47.4. The highest BCUT2D eigenvalue weighted by atomic mass is 16.6. The molecule has 0 aliphatic carbocycles. The van der Waals surface area contributed by atoms with Crippen molar-refractivity contribution in [3.05, 3.63) is 63.7 Å². The number of carbonyl (C=O) groups is 7. The van der Waals surface area contributed by atoms with Crippen LogP contribution in [0.3, 0.4) is 0 Å². The topological polar surface area (TPSA) is 353 Å². The van der Waals surface area contributed by atoms with E-state index >= 15 is 0 Å². The molecule has 0 unspecified atom stereocenters. The lowest BCUT2D eigenvalue weighted by atomic mass is 9.96. The molecule has 6 amide bonds. The van der Waals surface area contributed by atoms with Gasteiger partial charge in [0.2, 0.25) is 35.4 Å². The molecular weight excluding hydrogens is 821 g/mol. The highest BCUT2D eigenvalue weighted by molar-refractivity contribution is 5.96. The molecule has 14 N–H and O–H groups in total. The number of primary amides is 1. The SMILES string of the molecule is CC[C@H](C)[C@H](NCc1ccccc1N)C(=O)N[C@@H](CC(C)C)C(=O)N[C@@H](CCCCN)C(=O)N[C@@H](C)C(=O)N[C@@H](Cc1ccc(O)c([N+](=O)[O-])c1)C(=O)N[C@@H](CCC(=O)O)C(N)=O. The molecule has 2 rings (SSSR count). The van der Waals surface area contributed by atoms with Crippen molar-refractivity contribution in [2.24, 2.45) is 23.3 Å². The number of nitrogens with zero attached hydrogens (tertiary/aromatic N) is 1. The third-order valence-corrected chi connectivity index (χ3v) is 10.4. The lowest BCUT2D eigenvalue weighted by molar-refractivity contribution is -0.385. The van der Waals surface area contributed by atoms with Gasteiger partial charge in [-0.1, -0.05) is 58.4 Å². The maximum Gasteiger partial charge on any atom is 0.310 e. The molecule has 0 saturated carbocycles. The van der Waals surface area contributed by atoms with E-state index in [1.54, 1.807) is 12.1 Å². The second kappa shape index (κ2) is 26.2. The van der Waals surface area contributed by atoms with E-state index in [4.69, 9.17) is 22.3 Å². The van der Waals surface area contributed by atoms with E-state index in [0.717, 1.165) is 17.7 Å². The van der Waals surface area contributed by atoms with E-state index in [1.165, 1.54) is 13.0 Å². The maximum atomic E-state index is 14.0. The fourth-order valence-corrected chi connectivity index (χ4v) is 6.49. The molecule has 21 heteroatoms. The average Bonchev–Trinajstić information content (AvgIpc) is 3.21. The van der Waals surface area contributed by atoms with Gasteiger partial charge in [0.25, 0.3) is 0 Å². The molecule has 0 radical (unpaired) electrons. The summed E-state index contributed by atoms with van der Waals surface area (Å²) < 4.78 is 0. The molecule has 348 valence electrons. The summed E-state index contributed by atoms with van der Waals surface area (Å²) >= 11 is 0. The molecule has 63 heavy (non-hydrogen) atoms. The van der Waals surface area contributed by atoms with Crippen molar-refractivity contribution in [3.63, 3.8) is 0 Å². The third kappa shape index (κ3) is 17.9. The fraction of sp³-hybridized carbons (Fsp3) is 0.548. The maximum absolute atomic E-state index is 14.0. The zero-order valence-electron chi connectivity index (χ0n) is 36.5. The molecule has 0 fully saturated rings. The number of benzene rings is 2. The fourth-order valence-electron chi connectivity index (χ4n) is 6.49. The Bertz CT molecular complexity index is 1910. The highest BCUT2D eigenvalue weighted by Crippen LogP contribution is 2.27. The molecule has 0 saturated heterocycles. The van der Waals surface area contributed by atoms with Crippen LogP contribution in [0.2, 0.25) is 0 Å².